The van der Waals surface area contributed by atoms with Gasteiger partial charge in [-0.25, -0.2) is 4.98 Å². The minimum absolute atomic E-state index is 0.0984. The number of hydrogen-bond donors (Lipinski definition) is 1. The maximum absolute atomic E-state index is 13.4. The van der Waals surface area contributed by atoms with Crippen LogP contribution in [0.3, 0.4) is 0 Å². The molecule has 0 radical (unpaired) electrons. The van der Waals surface area contributed by atoms with E-state index in [1.54, 1.807) is 24.3 Å². The molecule has 2 aliphatic heterocycles. The zero-order valence-corrected chi connectivity index (χ0v) is 14.7. The van der Waals surface area contributed by atoms with Crippen molar-refractivity contribution < 1.29 is 22.7 Å². The Bertz CT molecular complexity index is 1010. The Hall–Kier alpha value is -2.90. The number of para-hydroxylation sites is 1. The Morgan fingerprint density at radius 3 is 2.71 bits per heavy atom. The van der Waals surface area contributed by atoms with E-state index < -0.39 is 23.2 Å². The number of amidine groups is 1. The summed E-state index contributed by atoms with van der Waals surface area (Å²) in [6.45, 7) is 0.205. The number of fused-ring (bicyclic) bond motifs is 4. The smallest absolute Gasteiger partial charge is 0.433 e. The van der Waals surface area contributed by atoms with Crippen LogP contribution in [0.4, 0.5) is 13.2 Å². The van der Waals surface area contributed by atoms with Gasteiger partial charge in [0.05, 0.1) is 18.3 Å². The van der Waals surface area contributed by atoms with E-state index >= 15 is 0 Å². The number of amides is 1. The molecule has 144 valence electrons. The van der Waals surface area contributed by atoms with Crippen LogP contribution in [0.2, 0.25) is 0 Å². The van der Waals surface area contributed by atoms with Crippen LogP contribution in [0.1, 0.15) is 41.8 Å². The second-order valence-electron chi connectivity index (χ2n) is 7.25. The summed E-state index contributed by atoms with van der Waals surface area (Å²) < 4.78 is 45.9. The van der Waals surface area contributed by atoms with Crippen LogP contribution in [0.15, 0.2) is 41.4 Å². The molecule has 8 heteroatoms. The fraction of sp³-hybridized carbons (Fsp3) is 0.350. The molecule has 5 rings (SSSR count). The molecule has 28 heavy (non-hydrogen) atoms. The number of carbonyl (C=O) groups excluding carboxylic acids is 1. The average Bonchev–Trinajstić information content (AvgIpc) is 3.49. The lowest BCUT2D eigenvalue weighted by Gasteiger charge is -2.41. The fourth-order valence-electron chi connectivity index (χ4n) is 3.89. The summed E-state index contributed by atoms with van der Waals surface area (Å²) in [6.07, 6.45) is -2.59. The van der Waals surface area contributed by atoms with Crippen LogP contribution < -0.4 is 10.1 Å². The number of benzene rings is 1. The first-order valence-electron chi connectivity index (χ1n) is 9.10. The standard InChI is InChI=1S/C20H16F3N3O2/c21-20(22,23)15-8-7-12-16(25-15)19(18(27)26-17(12)24-11-5-6-11)9-10-28-14-4-2-1-3-13(14)19/h1-4,7-8,11H,5-6,9-10H2,(H,24,26,27)/t19-/m1/s1. The maximum atomic E-state index is 13.4. The predicted octanol–water partition coefficient (Wildman–Crippen LogP) is 3.21. The molecular formula is C20H16F3N3O2. The summed E-state index contributed by atoms with van der Waals surface area (Å²) in [5, 5.41) is 2.84. The van der Waals surface area contributed by atoms with E-state index in [0.29, 0.717) is 22.7 Å². The van der Waals surface area contributed by atoms with E-state index in [1.807, 2.05) is 0 Å². The van der Waals surface area contributed by atoms with Crippen molar-refractivity contribution in [2.45, 2.75) is 36.9 Å². The molecule has 1 spiro atoms. The lowest BCUT2D eigenvalue weighted by atomic mass is 9.69. The quantitative estimate of drug-likeness (QED) is 0.817. The second-order valence-corrected chi connectivity index (χ2v) is 7.25. The zero-order chi connectivity index (χ0) is 19.5. The van der Waals surface area contributed by atoms with E-state index in [-0.39, 0.29) is 24.8 Å². The van der Waals surface area contributed by atoms with E-state index in [2.05, 4.69) is 15.3 Å². The van der Waals surface area contributed by atoms with Gasteiger partial charge in [0.25, 0.3) is 0 Å². The largest absolute Gasteiger partial charge is 0.493 e. The van der Waals surface area contributed by atoms with Gasteiger partial charge in [0.1, 0.15) is 22.7 Å². The average molecular weight is 387 g/mol. The van der Waals surface area contributed by atoms with Crippen LogP contribution >= 0.6 is 0 Å². The molecule has 1 N–H and O–H groups in total. The number of ether oxygens (including phenoxy) is 1. The molecule has 0 bridgehead atoms. The number of nitrogens with zero attached hydrogens (tertiary/aromatic N) is 2. The van der Waals surface area contributed by atoms with Crippen molar-refractivity contribution in [1.82, 2.24) is 10.3 Å². The second kappa shape index (κ2) is 5.80. The van der Waals surface area contributed by atoms with Crippen LogP contribution in [0, 0.1) is 0 Å². The van der Waals surface area contributed by atoms with Crippen LogP contribution in [0.25, 0.3) is 0 Å². The molecule has 5 nitrogen and oxygen atoms in total. The van der Waals surface area contributed by atoms with E-state index in [9.17, 15) is 18.0 Å². The molecule has 3 heterocycles. The van der Waals surface area contributed by atoms with E-state index in [1.165, 1.54) is 6.07 Å². The fourth-order valence-corrected chi connectivity index (χ4v) is 3.89. The molecule has 0 saturated heterocycles. The van der Waals surface area contributed by atoms with E-state index in [4.69, 9.17) is 4.74 Å². The lowest BCUT2D eigenvalue weighted by molar-refractivity contribution is -0.141. The summed E-state index contributed by atoms with van der Waals surface area (Å²) in [4.78, 5) is 21.8. The molecule has 1 aromatic heterocycles. The van der Waals surface area contributed by atoms with Gasteiger partial charge in [0, 0.05) is 17.5 Å². The van der Waals surface area contributed by atoms with Crippen molar-refractivity contribution in [3.05, 3.63) is 58.9 Å². The van der Waals surface area contributed by atoms with Gasteiger partial charge in [0.2, 0.25) is 5.91 Å². The Morgan fingerprint density at radius 2 is 1.96 bits per heavy atom. The first kappa shape index (κ1) is 17.2. The topological polar surface area (TPSA) is 63.6 Å². The van der Waals surface area contributed by atoms with Crippen molar-refractivity contribution in [2.75, 3.05) is 6.61 Å². The van der Waals surface area contributed by atoms with Gasteiger partial charge in [-0.1, -0.05) is 18.2 Å². The number of aliphatic imine (C=N–C) groups is 1. The number of rotatable bonds is 1. The summed E-state index contributed by atoms with van der Waals surface area (Å²) in [6, 6.07) is 9.33. The summed E-state index contributed by atoms with van der Waals surface area (Å²) in [5.41, 5.74) is -1.29. The molecule has 1 aromatic carbocycles. The highest BCUT2D eigenvalue weighted by Crippen LogP contribution is 2.47. The monoisotopic (exact) mass is 387 g/mol. The Morgan fingerprint density at radius 1 is 1.18 bits per heavy atom. The molecule has 1 atom stereocenters. The van der Waals surface area contributed by atoms with Gasteiger partial charge in [-0.05, 0) is 31.0 Å². The molecule has 2 aromatic rings. The van der Waals surface area contributed by atoms with Crippen LogP contribution in [-0.2, 0) is 16.4 Å². The number of hydrogen-bond acceptors (Lipinski definition) is 4. The number of nitrogens with one attached hydrogen (secondary N) is 1. The maximum Gasteiger partial charge on any atom is 0.433 e. The van der Waals surface area contributed by atoms with Crippen molar-refractivity contribution >= 4 is 11.7 Å². The first-order valence-corrected chi connectivity index (χ1v) is 9.10. The predicted molar refractivity (Wildman–Crippen MR) is 94.3 cm³/mol. The van der Waals surface area contributed by atoms with Crippen LogP contribution in [0.5, 0.6) is 5.75 Å². The van der Waals surface area contributed by atoms with Gasteiger partial charge in [0.15, 0.2) is 0 Å². The normalized spacial score (nSPS) is 25.1. The molecule has 1 amide bonds. The first-order chi connectivity index (χ1) is 13.4. The Balaban J connectivity index is 1.79. The minimum Gasteiger partial charge on any atom is -0.493 e. The summed E-state index contributed by atoms with van der Waals surface area (Å²) >= 11 is 0. The van der Waals surface area contributed by atoms with Gasteiger partial charge in [-0.2, -0.15) is 13.2 Å². The van der Waals surface area contributed by atoms with Gasteiger partial charge >= 0.3 is 6.18 Å². The number of alkyl halides is 3. The number of aromatic nitrogens is 1. The summed E-state index contributed by atoms with van der Waals surface area (Å²) in [7, 11) is 0. The number of carbonyl (C=O) groups is 1. The zero-order valence-electron chi connectivity index (χ0n) is 14.7. The van der Waals surface area contributed by atoms with Gasteiger partial charge in [-0.3, -0.25) is 9.79 Å². The third kappa shape index (κ3) is 2.51. The third-order valence-corrected chi connectivity index (χ3v) is 5.40. The molecule has 1 fully saturated rings. The highest BCUT2D eigenvalue weighted by molar-refractivity contribution is 6.16. The number of pyridine rings is 1. The van der Waals surface area contributed by atoms with Crippen LogP contribution in [-0.4, -0.2) is 29.4 Å². The number of halogens is 3. The SMILES string of the molecule is O=C1NC(=NC2CC2)c2ccc(C(F)(F)F)nc2[C@]12CCOc1ccccc12. The van der Waals surface area contributed by atoms with Crippen molar-refractivity contribution in [3.63, 3.8) is 0 Å². The summed E-state index contributed by atoms with van der Waals surface area (Å²) in [5.74, 6) is 0.372. The third-order valence-electron chi connectivity index (χ3n) is 5.40. The highest BCUT2D eigenvalue weighted by atomic mass is 19.4. The molecule has 1 saturated carbocycles. The highest BCUT2D eigenvalue weighted by Gasteiger charge is 2.53. The van der Waals surface area contributed by atoms with Crippen molar-refractivity contribution in [3.8, 4) is 5.75 Å². The van der Waals surface area contributed by atoms with Gasteiger partial charge in [-0.15, -0.1) is 0 Å². The Kier molecular flexibility index (Phi) is 3.56. The Labute approximate surface area is 158 Å². The van der Waals surface area contributed by atoms with E-state index in [0.717, 1.165) is 18.9 Å². The molecule has 1 aliphatic carbocycles. The van der Waals surface area contributed by atoms with Crippen molar-refractivity contribution in [1.29, 1.82) is 0 Å². The molecular weight excluding hydrogens is 371 g/mol. The molecule has 3 aliphatic rings. The minimum atomic E-state index is -4.61. The van der Waals surface area contributed by atoms with Gasteiger partial charge < -0.3 is 10.1 Å². The molecule has 0 unspecified atom stereocenters. The van der Waals surface area contributed by atoms with Crippen molar-refractivity contribution in [2.24, 2.45) is 4.99 Å². The lowest BCUT2D eigenvalue weighted by Crippen LogP contribution is -2.55.